The molecule has 0 radical (unpaired) electrons. The van der Waals surface area contributed by atoms with E-state index in [0.717, 1.165) is 34.7 Å². The minimum Gasteiger partial charge on any atom is -0.380 e. The van der Waals surface area contributed by atoms with Gasteiger partial charge in [-0.2, -0.15) is 0 Å². The minimum atomic E-state index is -0.168. The van der Waals surface area contributed by atoms with Gasteiger partial charge in [0.05, 0.1) is 22.2 Å². The zero-order valence-electron chi connectivity index (χ0n) is 18.8. The van der Waals surface area contributed by atoms with Crippen molar-refractivity contribution in [2.45, 2.75) is 12.8 Å². The van der Waals surface area contributed by atoms with Crippen molar-refractivity contribution in [3.8, 4) is 10.4 Å². The van der Waals surface area contributed by atoms with Crippen molar-refractivity contribution in [2.24, 2.45) is 0 Å². The third kappa shape index (κ3) is 4.29. The van der Waals surface area contributed by atoms with E-state index in [2.05, 4.69) is 10.2 Å². The van der Waals surface area contributed by atoms with Crippen molar-refractivity contribution in [1.29, 1.82) is 0 Å². The number of thiophene rings is 1. The Hall–Kier alpha value is -2.94. The van der Waals surface area contributed by atoms with E-state index >= 15 is 0 Å². The summed E-state index contributed by atoms with van der Waals surface area (Å²) in [6.07, 6.45) is 1.53. The van der Waals surface area contributed by atoms with Crippen molar-refractivity contribution in [2.75, 3.05) is 49.7 Å². The number of fused-ring (bicyclic) bond motifs is 3. The molecule has 9 heteroatoms. The first-order chi connectivity index (χ1) is 16.6. The maximum atomic E-state index is 13.7. The summed E-state index contributed by atoms with van der Waals surface area (Å²) in [5.41, 5.74) is 3.19. The van der Waals surface area contributed by atoms with E-state index in [-0.39, 0.29) is 11.8 Å². The van der Waals surface area contributed by atoms with Gasteiger partial charge in [0, 0.05) is 43.7 Å². The highest BCUT2D eigenvalue weighted by atomic mass is 35.5. The number of aromatic nitrogens is 1. The van der Waals surface area contributed by atoms with Crippen LogP contribution in [0, 0.1) is 0 Å². The van der Waals surface area contributed by atoms with Gasteiger partial charge in [0.2, 0.25) is 0 Å². The number of benzene rings is 1. The van der Waals surface area contributed by atoms with Crippen molar-refractivity contribution in [3.63, 3.8) is 0 Å². The van der Waals surface area contributed by atoms with Crippen LogP contribution >= 0.6 is 22.9 Å². The number of carbonyl (C=O) groups is 2. The van der Waals surface area contributed by atoms with Crippen LogP contribution in [-0.2, 0) is 11.2 Å². The van der Waals surface area contributed by atoms with E-state index in [9.17, 15) is 9.59 Å². The van der Waals surface area contributed by atoms with Gasteiger partial charge < -0.3 is 19.9 Å². The monoisotopic (exact) mass is 496 g/mol. The first-order valence-corrected chi connectivity index (χ1v) is 12.5. The standard InChI is InChI=1S/C25H25ClN4O3S/c1-27-24(31)21-15-16-9-11-30(20-6-3-2-5-17(20)22(16)34-21)25(32)19-8-7-18(26)23(28-19)29-10-4-13-33-14-12-29/h2-3,5-8,15H,4,9-14H2,1H3,(H,27,31). The predicted octanol–water partition coefficient (Wildman–Crippen LogP) is 4.25. The topological polar surface area (TPSA) is 74.8 Å². The lowest BCUT2D eigenvalue weighted by atomic mass is 10.1. The molecule has 176 valence electrons. The molecule has 1 fully saturated rings. The zero-order chi connectivity index (χ0) is 23.7. The van der Waals surface area contributed by atoms with Crippen molar-refractivity contribution in [3.05, 3.63) is 63.6 Å². The molecule has 0 spiro atoms. The largest absolute Gasteiger partial charge is 0.380 e. The molecule has 1 saturated heterocycles. The van der Waals surface area contributed by atoms with Crippen LogP contribution in [0.4, 0.5) is 11.5 Å². The Labute approximate surface area is 207 Å². The second-order valence-corrected chi connectivity index (χ2v) is 9.68. The van der Waals surface area contributed by atoms with Gasteiger partial charge in [-0.15, -0.1) is 11.3 Å². The van der Waals surface area contributed by atoms with Gasteiger partial charge in [0.1, 0.15) is 11.5 Å². The van der Waals surface area contributed by atoms with Crippen molar-refractivity contribution in [1.82, 2.24) is 10.3 Å². The summed E-state index contributed by atoms with van der Waals surface area (Å²) in [6, 6.07) is 13.2. The van der Waals surface area contributed by atoms with Gasteiger partial charge in [-0.1, -0.05) is 29.8 Å². The number of halogens is 1. The molecule has 2 aromatic heterocycles. The highest BCUT2D eigenvalue weighted by Crippen LogP contribution is 2.41. The lowest BCUT2D eigenvalue weighted by molar-refractivity contribution is 0.0963. The zero-order valence-corrected chi connectivity index (χ0v) is 20.4. The van der Waals surface area contributed by atoms with Crippen molar-refractivity contribution < 1.29 is 14.3 Å². The molecule has 0 aliphatic carbocycles. The Kier molecular flexibility index (Phi) is 6.54. The Morgan fingerprint density at radius 3 is 2.82 bits per heavy atom. The van der Waals surface area contributed by atoms with Gasteiger partial charge >= 0.3 is 0 Å². The Bertz CT molecular complexity index is 1240. The summed E-state index contributed by atoms with van der Waals surface area (Å²) >= 11 is 7.94. The fourth-order valence-corrected chi connectivity index (χ4v) is 5.83. The number of carbonyl (C=O) groups excluding carboxylic acids is 2. The lowest BCUT2D eigenvalue weighted by Gasteiger charge is -2.25. The minimum absolute atomic E-state index is 0.0970. The number of hydrogen-bond acceptors (Lipinski definition) is 6. The molecule has 1 N–H and O–H groups in total. The van der Waals surface area contributed by atoms with Gasteiger partial charge in [-0.05, 0) is 42.7 Å². The number of anilines is 2. The summed E-state index contributed by atoms with van der Waals surface area (Å²) in [5.74, 6) is 0.355. The molecule has 2 aliphatic rings. The molecule has 0 bridgehead atoms. The molecule has 3 aromatic rings. The van der Waals surface area contributed by atoms with Gasteiger partial charge in [0.25, 0.3) is 11.8 Å². The first kappa shape index (κ1) is 22.8. The smallest absolute Gasteiger partial charge is 0.276 e. The van der Waals surface area contributed by atoms with Crippen LogP contribution < -0.4 is 15.1 Å². The first-order valence-electron chi connectivity index (χ1n) is 11.3. The molecular formula is C25H25ClN4O3S. The molecule has 2 amide bonds. The average Bonchev–Trinajstić information content (AvgIpc) is 3.02. The van der Waals surface area contributed by atoms with E-state index in [1.54, 1.807) is 24.1 Å². The molecule has 34 heavy (non-hydrogen) atoms. The normalized spacial score (nSPS) is 15.7. The van der Waals surface area contributed by atoms with Crippen LogP contribution in [0.25, 0.3) is 10.4 Å². The number of ether oxygens (including phenoxy) is 1. The van der Waals surface area contributed by atoms with E-state index in [1.165, 1.54) is 11.3 Å². The summed E-state index contributed by atoms with van der Waals surface area (Å²) in [4.78, 5) is 36.2. The predicted molar refractivity (Wildman–Crippen MR) is 135 cm³/mol. The average molecular weight is 497 g/mol. The van der Waals surface area contributed by atoms with Gasteiger partial charge in [-0.3, -0.25) is 9.59 Å². The van der Waals surface area contributed by atoms with Gasteiger partial charge in [-0.25, -0.2) is 4.98 Å². The van der Waals surface area contributed by atoms with E-state index in [0.29, 0.717) is 54.1 Å². The number of hydrogen-bond donors (Lipinski definition) is 1. The molecule has 4 heterocycles. The van der Waals surface area contributed by atoms with Crippen LogP contribution in [0.5, 0.6) is 0 Å². The Morgan fingerprint density at radius 2 is 1.97 bits per heavy atom. The highest BCUT2D eigenvalue weighted by molar-refractivity contribution is 7.17. The van der Waals surface area contributed by atoms with E-state index < -0.39 is 0 Å². The number of rotatable bonds is 3. The van der Waals surface area contributed by atoms with Crippen LogP contribution in [0.3, 0.4) is 0 Å². The highest BCUT2D eigenvalue weighted by Gasteiger charge is 2.28. The molecule has 0 saturated carbocycles. The van der Waals surface area contributed by atoms with E-state index in [1.807, 2.05) is 30.3 Å². The summed E-state index contributed by atoms with van der Waals surface area (Å²) in [6.45, 7) is 3.28. The molecule has 0 unspecified atom stereocenters. The molecule has 2 aliphatic heterocycles. The van der Waals surface area contributed by atoms with Crippen LogP contribution in [0.2, 0.25) is 5.02 Å². The molecule has 0 atom stereocenters. The van der Waals surface area contributed by atoms with Crippen LogP contribution in [-0.4, -0.2) is 56.7 Å². The third-order valence-electron chi connectivity index (χ3n) is 6.12. The Balaban J connectivity index is 1.50. The summed E-state index contributed by atoms with van der Waals surface area (Å²) in [5, 5.41) is 3.22. The second kappa shape index (κ2) is 9.74. The summed E-state index contributed by atoms with van der Waals surface area (Å²) < 4.78 is 5.55. The summed E-state index contributed by atoms with van der Waals surface area (Å²) in [7, 11) is 1.63. The fourth-order valence-electron chi connectivity index (χ4n) is 4.41. The molecule has 7 nitrogen and oxygen atoms in total. The number of nitrogens with zero attached hydrogens (tertiary/aromatic N) is 3. The molecular weight excluding hydrogens is 472 g/mol. The van der Waals surface area contributed by atoms with Crippen LogP contribution in [0.1, 0.15) is 32.1 Å². The molecule has 5 rings (SSSR count). The Morgan fingerprint density at radius 1 is 1.12 bits per heavy atom. The number of pyridine rings is 1. The molecule has 1 aromatic carbocycles. The van der Waals surface area contributed by atoms with Crippen LogP contribution in [0.15, 0.2) is 42.5 Å². The number of para-hydroxylation sites is 1. The lowest BCUT2D eigenvalue weighted by Crippen LogP contribution is -2.34. The fraction of sp³-hybridized carbons (Fsp3) is 0.320. The third-order valence-corrected chi connectivity index (χ3v) is 7.62. The SMILES string of the molecule is CNC(=O)c1cc2c(s1)-c1ccccc1N(C(=O)c1ccc(Cl)c(N3CCCOCC3)n1)CC2. The van der Waals surface area contributed by atoms with Crippen molar-refractivity contribution >= 4 is 46.3 Å². The number of amides is 2. The van der Waals surface area contributed by atoms with E-state index in [4.69, 9.17) is 21.3 Å². The van der Waals surface area contributed by atoms with Gasteiger partial charge in [0.15, 0.2) is 0 Å². The maximum Gasteiger partial charge on any atom is 0.276 e. The second-order valence-electron chi connectivity index (χ2n) is 8.22. The quantitative estimate of drug-likeness (QED) is 0.586. The number of nitrogens with one attached hydrogen (secondary N) is 1. The maximum absolute atomic E-state index is 13.7.